The lowest BCUT2D eigenvalue weighted by molar-refractivity contribution is 0.557. The van der Waals surface area contributed by atoms with E-state index in [-0.39, 0.29) is 11.6 Å². The second kappa shape index (κ2) is 6.50. The smallest absolute Gasteiger partial charge is 0.258 e. The van der Waals surface area contributed by atoms with Crippen molar-refractivity contribution >= 4 is 23.7 Å². The van der Waals surface area contributed by atoms with Gasteiger partial charge in [-0.1, -0.05) is 60.7 Å². The topological polar surface area (TPSA) is 72.0 Å². The van der Waals surface area contributed by atoms with Gasteiger partial charge in [0, 0.05) is 5.56 Å². The van der Waals surface area contributed by atoms with Crippen molar-refractivity contribution in [1.82, 2.24) is 0 Å². The van der Waals surface area contributed by atoms with Crippen LogP contribution in [0.2, 0.25) is 0 Å². The maximum absolute atomic E-state index is 10.8. The minimum Gasteiger partial charge on any atom is -0.435 e. The fourth-order valence-electron chi connectivity index (χ4n) is 2.34. The Bertz CT molecular complexity index is 918. The van der Waals surface area contributed by atoms with Crippen LogP contribution in [0, 0.1) is 0 Å². The summed E-state index contributed by atoms with van der Waals surface area (Å²) in [6.45, 7) is 0. The second-order valence-corrected chi connectivity index (χ2v) is 4.60. The molecule has 0 amide bonds. The molecule has 2 aromatic carbocycles. The van der Waals surface area contributed by atoms with Gasteiger partial charge in [-0.25, -0.2) is 9.59 Å². The molecular formula is C18H10N2O3. The average molecular weight is 302 g/mol. The summed E-state index contributed by atoms with van der Waals surface area (Å²) in [7, 11) is 0. The van der Waals surface area contributed by atoms with Gasteiger partial charge < -0.3 is 4.42 Å². The largest absolute Gasteiger partial charge is 0.435 e. The number of hydrogen-bond donors (Lipinski definition) is 0. The third-order valence-electron chi connectivity index (χ3n) is 3.27. The zero-order valence-corrected chi connectivity index (χ0v) is 11.9. The number of benzene rings is 2. The van der Waals surface area contributed by atoms with Gasteiger partial charge in [0.15, 0.2) is 5.69 Å². The van der Waals surface area contributed by atoms with Crippen molar-refractivity contribution in [2.75, 3.05) is 0 Å². The minimum atomic E-state index is -0.0685. The molecule has 0 unspecified atom stereocenters. The first-order chi connectivity index (χ1) is 11.3. The van der Waals surface area contributed by atoms with E-state index < -0.39 is 0 Å². The van der Waals surface area contributed by atoms with Crippen molar-refractivity contribution in [2.24, 2.45) is 9.98 Å². The fraction of sp³-hybridized carbons (Fsp3) is 0. The van der Waals surface area contributed by atoms with Crippen LogP contribution < -0.4 is 0 Å². The summed E-state index contributed by atoms with van der Waals surface area (Å²) in [5.41, 5.74) is 2.31. The van der Waals surface area contributed by atoms with Crippen LogP contribution in [0.1, 0.15) is 0 Å². The van der Waals surface area contributed by atoms with Crippen LogP contribution in [0.5, 0.6) is 0 Å². The van der Waals surface area contributed by atoms with Crippen LogP contribution in [-0.4, -0.2) is 12.2 Å². The van der Waals surface area contributed by atoms with Crippen molar-refractivity contribution < 1.29 is 14.0 Å². The average Bonchev–Trinajstić information content (AvgIpc) is 2.96. The van der Waals surface area contributed by atoms with Crippen molar-refractivity contribution in [3.05, 3.63) is 60.7 Å². The number of nitrogens with zero attached hydrogens (tertiary/aromatic N) is 2. The molecule has 0 saturated heterocycles. The minimum absolute atomic E-state index is 0.0685. The highest BCUT2D eigenvalue weighted by atomic mass is 16.4. The summed E-state index contributed by atoms with van der Waals surface area (Å²) in [6, 6.07) is 18.6. The standard InChI is InChI=1S/C18H10N2O3/c21-11-19-16-15(13-7-3-1-4-8-13)17(23-18(16)20-12-22)14-9-5-2-6-10-14/h1-10H. The molecule has 0 radical (unpaired) electrons. The Hall–Kier alpha value is -3.52. The van der Waals surface area contributed by atoms with Gasteiger partial charge >= 0.3 is 0 Å². The first-order valence-corrected chi connectivity index (χ1v) is 6.78. The van der Waals surface area contributed by atoms with Crippen molar-refractivity contribution in [3.63, 3.8) is 0 Å². The van der Waals surface area contributed by atoms with Gasteiger partial charge in [0.05, 0.1) is 5.56 Å². The first kappa shape index (κ1) is 14.4. The summed E-state index contributed by atoms with van der Waals surface area (Å²) in [6.07, 6.45) is 2.90. The van der Waals surface area contributed by atoms with Gasteiger partial charge in [-0.15, -0.1) is 4.99 Å². The second-order valence-electron chi connectivity index (χ2n) is 4.60. The summed E-state index contributed by atoms with van der Waals surface area (Å²) < 4.78 is 5.68. The SMILES string of the molecule is O=C=Nc1oc(-c2ccccc2)c(-c2ccccc2)c1N=C=O. The number of carbonyl (C=O) groups excluding carboxylic acids is 2. The highest BCUT2D eigenvalue weighted by Crippen LogP contribution is 2.47. The molecule has 5 nitrogen and oxygen atoms in total. The number of hydrogen-bond acceptors (Lipinski definition) is 5. The Morgan fingerprint density at radius 2 is 1.30 bits per heavy atom. The highest BCUT2D eigenvalue weighted by Gasteiger charge is 2.22. The molecule has 0 aliphatic carbocycles. The molecule has 1 aromatic heterocycles. The molecule has 0 bridgehead atoms. The Labute approximate surface area is 131 Å². The molecule has 0 fully saturated rings. The number of furan rings is 1. The van der Waals surface area contributed by atoms with Crippen molar-refractivity contribution in [3.8, 4) is 22.5 Å². The van der Waals surface area contributed by atoms with E-state index in [2.05, 4.69) is 9.98 Å². The lowest BCUT2D eigenvalue weighted by atomic mass is 10.0. The highest BCUT2D eigenvalue weighted by molar-refractivity contribution is 5.93. The molecule has 110 valence electrons. The van der Waals surface area contributed by atoms with Crippen LogP contribution in [0.15, 0.2) is 75.1 Å². The molecule has 3 aromatic rings. The van der Waals surface area contributed by atoms with E-state index in [1.807, 2.05) is 60.7 Å². The van der Waals surface area contributed by atoms with Crippen LogP contribution in [0.25, 0.3) is 22.5 Å². The van der Waals surface area contributed by atoms with E-state index in [0.717, 1.165) is 11.1 Å². The Kier molecular flexibility index (Phi) is 4.07. The molecule has 0 spiro atoms. The molecule has 1 heterocycles. The molecule has 0 aliphatic rings. The van der Waals surface area contributed by atoms with Crippen LogP contribution >= 0.6 is 0 Å². The van der Waals surface area contributed by atoms with Crippen LogP contribution in [0.3, 0.4) is 0 Å². The van der Waals surface area contributed by atoms with Gasteiger partial charge in [-0.3, -0.25) is 0 Å². The maximum Gasteiger partial charge on any atom is 0.258 e. The summed E-state index contributed by atoms with van der Waals surface area (Å²) in [4.78, 5) is 28.6. The van der Waals surface area contributed by atoms with Gasteiger partial charge in [0.1, 0.15) is 5.76 Å². The lowest BCUT2D eigenvalue weighted by Crippen LogP contribution is -1.80. The van der Waals surface area contributed by atoms with Crippen molar-refractivity contribution in [1.29, 1.82) is 0 Å². The Balaban J connectivity index is 2.37. The third kappa shape index (κ3) is 2.78. The fourth-order valence-corrected chi connectivity index (χ4v) is 2.34. The maximum atomic E-state index is 10.8. The molecule has 0 aliphatic heterocycles. The predicted molar refractivity (Wildman–Crippen MR) is 85.1 cm³/mol. The van der Waals surface area contributed by atoms with Crippen molar-refractivity contribution in [2.45, 2.75) is 0 Å². The molecule has 0 atom stereocenters. The van der Waals surface area contributed by atoms with Crippen LogP contribution in [0.4, 0.5) is 11.6 Å². The quantitative estimate of drug-likeness (QED) is 0.524. The molecule has 5 heteroatoms. The molecule has 0 saturated carbocycles. The van der Waals surface area contributed by atoms with E-state index in [1.54, 1.807) is 0 Å². The third-order valence-corrected chi connectivity index (χ3v) is 3.27. The van der Waals surface area contributed by atoms with E-state index >= 15 is 0 Å². The van der Waals surface area contributed by atoms with Gasteiger partial charge in [-0.2, -0.15) is 4.99 Å². The monoisotopic (exact) mass is 302 g/mol. The summed E-state index contributed by atoms with van der Waals surface area (Å²) >= 11 is 0. The zero-order valence-electron chi connectivity index (χ0n) is 11.9. The van der Waals surface area contributed by atoms with Gasteiger partial charge in [-0.05, 0) is 5.56 Å². The predicted octanol–water partition coefficient (Wildman–Crippen LogP) is 4.55. The van der Waals surface area contributed by atoms with E-state index in [1.165, 1.54) is 12.2 Å². The number of isocyanates is 2. The van der Waals surface area contributed by atoms with E-state index in [4.69, 9.17) is 4.42 Å². The molecule has 3 rings (SSSR count). The first-order valence-electron chi connectivity index (χ1n) is 6.78. The Morgan fingerprint density at radius 1 is 0.739 bits per heavy atom. The van der Waals surface area contributed by atoms with E-state index in [0.29, 0.717) is 11.3 Å². The number of aliphatic imine (C=N–C) groups is 2. The van der Waals surface area contributed by atoms with E-state index in [9.17, 15) is 9.59 Å². The molecule has 23 heavy (non-hydrogen) atoms. The molecular weight excluding hydrogens is 292 g/mol. The van der Waals surface area contributed by atoms with Crippen LogP contribution in [-0.2, 0) is 9.59 Å². The zero-order chi connectivity index (χ0) is 16.1. The normalized spacial score (nSPS) is 9.74. The van der Waals surface area contributed by atoms with Gasteiger partial charge in [0.2, 0.25) is 12.2 Å². The van der Waals surface area contributed by atoms with Gasteiger partial charge in [0.25, 0.3) is 5.88 Å². The molecule has 0 N–H and O–H groups in total. The summed E-state index contributed by atoms with van der Waals surface area (Å²) in [5, 5.41) is 0. The Morgan fingerprint density at radius 3 is 1.87 bits per heavy atom. The lowest BCUT2D eigenvalue weighted by Gasteiger charge is -2.03. The summed E-state index contributed by atoms with van der Waals surface area (Å²) in [5.74, 6) is 0.404. The number of rotatable bonds is 4.